The maximum absolute atomic E-state index is 12.3. The molecule has 2 aromatic carbocycles. The number of aliphatic hydroxyl groups excluding tert-OH is 1. The minimum Gasteiger partial charge on any atom is -0.391 e. The summed E-state index contributed by atoms with van der Waals surface area (Å²) in [5.74, 6) is 9.59. The van der Waals surface area contributed by atoms with E-state index in [-0.39, 0.29) is 17.5 Å². The largest absolute Gasteiger partial charge is 0.391 e. The van der Waals surface area contributed by atoms with Crippen molar-refractivity contribution < 1.29 is 24.7 Å². The maximum atomic E-state index is 12.3. The molecule has 0 aromatic heterocycles. The Bertz CT molecular complexity index is 1200. The average Bonchev–Trinajstić information content (AvgIpc) is 3.35. The lowest BCUT2D eigenvalue weighted by Gasteiger charge is -2.24. The smallest absolute Gasteiger partial charge is 0.268 e. The van der Waals surface area contributed by atoms with Crippen LogP contribution < -0.4 is 21.4 Å². The Morgan fingerprint density at radius 1 is 1.03 bits per heavy atom. The van der Waals surface area contributed by atoms with Gasteiger partial charge in [0.2, 0.25) is 5.91 Å². The number of primary amides is 1. The van der Waals surface area contributed by atoms with Crippen LogP contribution in [0.15, 0.2) is 48.5 Å². The van der Waals surface area contributed by atoms with Crippen molar-refractivity contribution in [2.24, 2.45) is 5.73 Å². The minimum atomic E-state index is -1.30. The standard InChI is InChI=1S/C26H26N4O5/c1-17(31)23(26(34)29-35)28-25(33)20-12-8-18(9-13-20)5-2-3-6-19-10-14-21(15-11-19)30-16-4-7-22(30)24(27)32/h8-15,17,22-23,31,35H,4,7,16H2,1H3,(H2,27,32)(H,28,33)(H,29,34)/t17-,22+,23+/m1/s1. The summed E-state index contributed by atoms with van der Waals surface area (Å²) in [6.45, 7) is 2.12. The van der Waals surface area contributed by atoms with E-state index in [4.69, 9.17) is 10.9 Å². The monoisotopic (exact) mass is 474 g/mol. The third-order valence-corrected chi connectivity index (χ3v) is 5.57. The van der Waals surface area contributed by atoms with Gasteiger partial charge >= 0.3 is 0 Å². The molecule has 3 rings (SSSR count). The van der Waals surface area contributed by atoms with Gasteiger partial charge < -0.3 is 21.1 Å². The fourth-order valence-corrected chi connectivity index (χ4v) is 3.72. The second-order valence-corrected chi connectivity index (χ2v) is 8.05. The van der Waals surface area contributed by atoms with Crippen LogP contribution in [0.25, 0.3) is 0 Å². The molecule has 9 nitrogen and oxygen atoms in total. The van der Waals surface area contributed by atoms with Crippen LogP contribution in [-0.2, 0) is 9.59 Å². The lowest BCUT2D eigenvalue weighted by Crippen LogP contribution is -2.51. The molecule has 3 atom stereocenters. The number of rotatable bonds is 6. The lowest BCUT2D eigenvalue weighted by atomic mass is 10.1. The van der Waals surface area contributed by atoms with E-state index in [0.29, 0.717) is 5.56 Å². The number of benzene rings is 2. The van der Waals surface area contributed by atoms with Gasteiger partial charge in [-0.05, 0) is 80.1 Å². The van der Waals surface area contributed by atoms with Crippen LogP contribution in [0, 0.1) is 23.7 Å². The Labute approximate surface area is 203 Å². The molecule has 0 saturated carbocycles. The Balaban J connectivity index is 1.60. The summed E-state index contributed by atoms with van der Waals surface area (Å²) in [5, 5.41) is 20.7. The zero-order chi connectivity index (χ0) is 25.4. The molecular weight excluding hydrogens is 448 g/mol. The number of hydrogen-bond donors (Lipinski definition) is 5. The quantitative estimate of drug-likeness (QED) is 0.235. The number of carbonyl (C=O) groups is 3. The maximum Gasteiger partial charge on any atom is 0.268 e. The zero-order valence-electron chi connectivity index (χ0n) is 19.1. The van der Waals surface area contributed by atoms with Gasteiger partial charge in [-0.3, -0.25) is 19.6 Å². The van der Waals surface area contributed by atoms with E-state index in [9.17, 15) is 19.5 Å². The summed E-state index contributed by atoms with van der Waals surface area (Å²) in [7, 11) is 0. The van der Waals surface area contributed by atoms with Crippen LogP contribution in [0.1, 0.15) is 41.3 Å². The first-order chi connectivity index (χ1) is 16.8. The Hall–Kier alpha value is -4.31. The van der Waals surface area contributed by atoms with E-state index >= 15 is 0 Å². The SMILES string of the molecule is C[C@@H](O)[C@H](NC(=O)c1ccc(C#CC#Cc2ccc(N3CCC[C@H]3C(N)=O)cc2)cc1)C(=O)NO. The summed E-state index contributed by atoms with van der Waals surface area (Å²) in [5.41, 5.74) is 9.51. The van der Waals surface area contributed by atoms with Crippen LogP contribution in [-0.4, -0.2) is 52.8 Å². The van der Waals surface area contributed by atoms with Crippen molar-refractivity contribution in [3.05, 3.63) is 65.2 Å². The van der Waals surface area contributed by atoms with Gasteiger partial charge in [0.25, 0.3) is 11.8 Å². The highest BCUT2D eigenvalue weighted by atomic mass is 16.5. The number of nitrogens with zero attached hydrogens (tertiary/aromatic N) is 1. The van der Waals surface area contributed by atoms with Crippen molar-refractivity contribution in [3.8, 4) is 23.7 Å². The molecule has 35 heavy (non-hydrogen) atoms. The molecule has 3 amide bonds. The fraction of sp³-hybridized carbons (Fsp3) is 0.269. The fourth-order valence-electron chi connectivity index (χ4n) is 3.72. The number of hydroxylamine groups is 1. The van der Waals surface area contributed by atoms with E-state index in [1.54, 1.807) is 12.1 Å². The second-order valence-electron chi connectivity index (χ2n) is 8.05. The molecule has 1 fully saturated rings. The number of amides is 3. The van der Waals surface area contributed by atoms with Crippen LogP contribution in [0.4, 0.5) is 5.69 Å². The summed E-state index contributed by atoms with van der Waals surface area (Å²) >= 11 is 0. The molecule has 0 aliphatic carbocycles. The highest BCUT2D eigenvalue weighted by molar-refractivity contribution is 5.97. The summed E-state index contributed by atoms with van der Waals surface area (Å²) in [4.78, 5) is 37.4. The third-order valence-electron chi connectivity index (χ3n) is 5.57. The van der Waals surface area contributed by atoms with Gasteiger partial charge in [-0.1, -0.05) is 11.8 Å². The molecular formula is C26H26N4O5. The van der Waals surface area contributed by atoms with E-state index < -0.39 is 24.0 Å². The first kappa shape index (κ1) is 25.3. The summed E-state index contributed by atoms with van der Waals surface area (Å²) < 4.78 is 0. The summed E-state index contributed by atoms with van der Waals surface area (Å²) in [6.07, 6.45) is 0.499. The van der Waals surface area contributed by atoms with Gasteiger partial charge in [-0.25, -0.2) is 5.48 Å². The molecule has 2 aromatic rings. The molecule has 180 valence electrons. The van der Waals surface area contributed by atoms with Crippen molar-refractivity contribution in [2.45, 2.75) is 38.0 Å². The Morgan fingerprint density at radius 3 is 2.11 bits per heavy atom. The molecule has 0 unspecified atom stereocenters. The van der Waals surface area contributed by atoms with E-state index in [1.807, 2.05) is 29.2 Å². The summed E-state index contributed by atoms with van der Waals surface area (Å²) in [6, 6.07) is 12.3. The van der Waals surface area contributed by atoms with Crippen LogP contribution >= 0.6 is 0 Å². The number of hydrogen-bond acceptors (Lipinski definition) is 6. The molecule has 0 bridgehead atoms. The molecule has 6 N–H and O–H groups in total. The van der Waals surface area contributed by atoms with Gasteiger partial charge in [0.15, 0.2) is 0 Å². The van der Waals surface area contributed by atoms with Gasteiger partial charge in [0.1, 0.15) is 12.1 Å². The first-order valence-electron chi connectivity index (χ1n) is 11.0. The Kier molecular flexibility index (Phi) is 8.47. The van der Waals surface area contributed by atoms with Crippen molar-refractivity contribution in [1.29, 1.82) is 0 Å². The minimum absolute atomic E-state index is 0.259. The second kappa shape index (κ2) is 11.7. The third kappa shape index (κ3) is 6.61. The molecule has 0 spiro atoms. The van der Waals surface area contributed by atoms with Crippen LogP contribution in [0.3, 0.4) is 0 Å². The number of nitrogens with one attached hydrogen (secondary N) is 2. The first-order valence-corrected chi connectivity index (χ1v) is 11.0. The molecule has 1 saturated heterocycles. The van der Waals surface area contributed by atoms with Crippen LogP contribution in [0.2, 0.25) is 0 Å². The number of carbonyl (C=O) groups excluding carboxylic acids is 3. The number of aliphatic hydroxyl groups is 1. The van der Waals surface area contributed by atoms with E-state index in [0.717, 1.165) is 30.6 Å². The lowest BCUT2D eigenvalue weighted by molar-refractivity contribution is -0.133. The van der Waals surface area contributed by atoms with Gasteiger partial charge in [-0.2, -0.15) is 0 Å². The zero-order valence-corrected chi connectivity index (χ0v) is 19.1. The normalized spacial score (nSPS) is 16.1. The van der Waals surface area contributed by atoms with Gasteiger partial charge in [-0.15, -0.1) is 0 Å². The average molecular weight is 475 g/mol. The topological polar surface area (TPSA) is 145 Å². The van der Waals surface area contributed by atoms with Crippen molar-refractivity contribution in [1.82, 2.24) is 10.8 Å². The van der Waals surface area contributed by atoms with Crippen LogP contribution in [0.5, 0.6) is 0 Å². The van der Waals surface area contributed by atoms with Gasteiger partial charge in [0, 0.05) is 28.9 Å². The predicted molar refractivity (Wildman–Crippen MR) is 129 cm³/mol. The molecule has 1 heterocycles. The number of anilines is 1. The predicted octanol–water partition coefficient (Wildman–Crippen LogP) is 0.529. The molecule has 1 aliphatic heterocycles. The Morgan fingerprint density at radius 2 is 1.60 bits per heavy atom. The molecule has 1 aliphatic rings. The van der Waals surface area contributed by atoms with E-state index in [1.165, 1.54) is 24.5 Å². The number of nitrogens with two attached hydrogens (primary N) is 1. The van der Waals surface area contributed by atoms with E-state index in [2.05, 4.69) is 29.0 Å². The van der Waals surface area contributed by atoms with Gasteiger partial charge in [0.05, 0.1) is 6.10 Å². The molecule has 0 radical (unpaired) electrons. The highest BCUT2D eigenvalue weighted by Crippen LogP contribution is 2.25. The highest BCUT2D eigenvalue weighted by Gasteiger charge is 2.29. The van der Waals surface area contributed by atoms with Crippen molar-refractivity contribution in [2.75, 3.05) is 11.4 Å². The van der Waals surface area contributed by atoms with Crippen molar-refractivity contribution in [3.63, 3.8) is 0 Å². The molecule has 9 heteroatoms. The van der Waals surface area contributed by atoms with Crippen molar-refractivity contribution >= 4 is 23.4 Å².